The summed E-state index contributed by atoms with van der Waals surface area (Å²) in [4.78, 5) is 0. The summed E-state index contributed by atoms with van der Waals surface area (Å²) in [6, 6.07) is 0. The van der Waals surface area contributed by atoms with E-state index in [1.54, 1.807) is 0 Å². The molecule has 0 amide bonds. The van der Waals surface area contributed by atoms with Crippen LogP contribution in [0.15, 0.2) is 0 Å². The number of hydrogen-bond acceptors (Lipinski definition) is 5. The first-order chi connectivity index (χ1) is 16.4. The summed E-state index contributed by atoms with van der Waals surface area (Å²) in [5.74, 6) is 5.00. The molecule has 0 radical (unpaired) electrons. The molecule has 35 heavy (non-hydrogen) atoms. The smallest absolute Gasteiger partial charge is 0.100 e. The number of rotatable bonds is 4. The Kier molecular flexibility index (Phi) is 5.84. The van der Waals surface area contributed by atoms with Crippen LogP contribution in [0.2, 0.25) is 0 Å². The number of ether oxygens (including phenoxy) is 3. The van der Waals surface area contributed by atoms with Crippen LogP contribution in [0.25, 0.3) is 0 Å². The summed E-state index contributed by atoms with van der Waals surface area (Å²) in [6.45, 7) is 13.3. The third-order valence-corrected chi connectivity index (χ3v) is 12.2. The van der Waals surface area contributed by atoms with Crippen LogP contribution in [-0.2, 0) is 14.2 Å². The maximum absolute atomic E-state index is 9.81. The molecule has 2 N–H and O–H groups in total. The van der Waals surface area contributed by atoms with Gasteiger partial charge in [-0.3, -0.25) is 0 Å². The summed E-state index contributed by atoms with van der Waals surface area (Å²) >= 11 is 0. The van der Waals surface area contributed by atoms with Crippen LogP contribution in [0.4, 0.5) is 0 Å². The quantitative estimate of drug-likeness (QED) is 0.536. The van der Waals surface area contributed by atoms with Crippen molar-refractivity contribution in [2.24, 2.45) is 40.9 Å². The van der Waals surface area contributed by atoms with E-state index in [9.17, 15) is 5.11 Å². The van der Waals surface area contributed by atoms with Gasteiger partial charge < -0.3 is 24.4 Å². The minimum Gasteiger partial charge on any atom is -0.396 e. The average molecular weight is 491 g/mol. The Morgan fingerprint density at radius 3 is 2.29 bits per heavy atom. The number of hydrogen-bond donors (Lipinski definition) is 2. The molecule has 0 aromatic rings. The number of fused-ring (bicyclic) bond motifs is 6. The zero-order valence-electron chi connectivity index (χ0n) is 23.0. The van der Waals surface area contributed by atoms with Crippen molar-refractivity contribution < 1.29 is 24.4 Å². The van der Waals surface area contributed by atoms with Gasteiger partial charge in [0, 0.05) is 13.0 Å². The molecule has 9 aliphatic rings. The highest BCUT2D eigenvalue weighted by atomic mass is 16.6. The first-order valence-electron chi connectivity index (χ1n) is 14.8. The van der Waals surface area contributed by atoms with E-state index in [-0.39, 0.29) is 17.8 Å². The minimum absolute atomic E-state index is 0.104. The van der Waals surface area contributed by atoms with E-state index in [0.29, 0.717) is 23.5 Å². The van der Waals surface area contributed by atoms with Crippen LogP contribution in [0.5, 0.6) is 0 Å². The topological polar surface area (TPSA) is 78.0 Å². The van der Waals surface area contributed by atoms with E-state index in [4.69, 9.17) is 19.3 Å². The monoisotopic (exact) mass is 490 g/mol. The molecule has 12 atom stereocenters. The van der Waals surface area contributed by atoms with Crippen molar-refractivity contribution in [2.75, 3.05) is 6.61 Å². The third kappa shape index (κ3) is 4.06. The van der Waals surface area contributed by atoms with E-state index >= 15 is 0 Å². The van der Waals surface area contributed by atoms with Crippen molar-refractivity contribution in [3.63, 3.8) is 0 Å². The first kappa shape index (κ1) is 25.1. The molecule has 3 aliphatic heterocycles. The van der Waals surface area contributed by atoms with Gasteiger partial charge in [0.15, 0.2) is 0 Å². The summed E-state index contributed by atoms with van der Waals surface area (Å²) in [6.07, 6.45) is 13.4. The molecule has 5 nitrogen and oxygen atoms in total. The number of aliphatic hydroxyl groups excluding tert-OH is 1. The van der Waals surface area contributed by atoms with Crippen molar-refractivity contribution in [3.8, 4) is 0 Å². The highest BCUT2D eigenvalue weighted by Crippen LogP contribution is 2.71. The Hall–Kier alpha value is -0.200. The first-order valence-corrected chi connectivity index (χ1v) is 14.8. The van der Waals surface area contributed by atoms with Gasteiger partial charge in [-0.1, -0.05) is 27.2 Å². The summed E-state index contributed by atoms with van der Waals surface area (Å²) in [5.41, 5.74) is 0.240. The van der Waals surface area contributed by atoms with Crippen molar-refractivity contribution in [2.45, 2.75) is 141 Å². The number of epoxide rings is 3. The fourth-order valence-corrected chi connectivity index (χ4v) is 9.35. The standard InChI is InChI=1S/C11H18O2.C10H18O2.C9H14O/c1-10(2)7-5-8(10)11(3-4-12)9(6-7)13-11;1-9(2,11)7-4-5-10(3)8(6-7)12-10;1-2-5-3-6-4-7(5)9-8(6)10-9/h7-9,12H,3-6H2,1-2H3;7-8,11H,4-6H2,1-3H3;5-9H,2-4H2,1H3. The maximum atomic E-state index is 9.81. The highest BCUT2D eigenvalue weighted by molar-refractivity contribution is 5.22. The predicted octanol–water partition coefficient (Wildman–Crippen LogP) is 5.11. The van der Waals surface area contributed by atoms with Crippen LogP contribution in [0.1, 0.15) is 99.3 Å². The molecule has 6 saturated carbocycles. The lowest BCUT2D eigenvalue weighted by Crippen LogP contribution is -2.57. The van der Waals surface area contributed by atoms with Crippen molar-refractivity contribution >= 4 is 0 Å². The number of aliphatic hydroxyl groups is 2. The average Bonchev–Trinajstić information content (AvgIpc) is 3.74. The zero-order chi connectivity index (χ0) is 25.0. The van der Waals surface area contributed by atoms with E-state index in [2.05, 4.69) is 27.7 Å². The molecule has 3 saturated heterocycles. The van der Waals surface area contributed by atoms with Crippen molar-refractivity contribution in [3.05, 3.63) is 0 Å². The lowest BCUT2D eigenvalue weighted by atomic mass is 9.45. The lowest BCUT2D eigenvalue weighted by Gasteiger charge is -2.58. The summed E-state index contributed by atoms with van der Waals surface area (Å²) < 4.78 is 17.0. The predicted molar refractivity (Wildman–Crippen MR) is 135 cm³/mol. The minimum atomic E-state index is -0.521. The van der Waals surface area contributed by atoms with Gasteiger partial charge >= 0.3 is 0 Å². The van der Waals surface area contributed by atoms with Gasteiger partial charge in [-0.15, -0.1) is 0 Å². The maximum Gasteiger partial charge on any atom is 0.100 e. The SMILES string of the molecule is CC(C)(O)C1CCC2(C)OC2C1.CC1(C)C2CC3OC3(CCO)C1C2.CCC1CC2CC1C1OC21. The van der Waals surface area contributed by atoms with E-state index in [1.807, 2.05) is 13.8 Å². The Morgan fingerprint density at radius 2 is 1.71 bits per heavy atom. The molecule has 0 aromatic heterocycles. The van der Waals surface area contributed by atoms with Gasteiger partial charge in [0.05, 0.1) is 35.6 Å². The van der Waals surface area contributed by atoms with Gasteiger partial charge in [0.1, 0.15) is 5.60 Å². The van der Waals surface area contributed by atoms with Crippen molar-refractivity contribution in [1.82, 2.24) is 0 Å². The second-order valence-corrected chi connectivity index (χ2v) is 14.8. The van der Waals surface area contributed by atoms with Gasteiger partial charge in [0.25, 0.3) is 0 Å². The molecule has 5 heteroatoms. The lowest BCUT2D eigenvalue weighted by molar-refractivity contribution is -0.0893. The van der Waals surface area contributed by atoms with E-state index in [1.165, 1.54) is 32.1 Å². The molecule has 200 valence electrons. The Labute approximate surface area is 212 Å². The largest absolute Gasteiger partial charge is 0.396 e. The zero-order valence-corrected chi connectivity index (χ0v) is 23.0. The third-order valence-electron chi connectivity index (χ3n) is 12.2. The second kappa shape index (κ2) is 8.15. The van der Waals surface area contributed by atoms with Crippen molar-refractivity contribution in [1.29, 1.82) is 0 Å². The van der Waals surface area contributed by atoms with Gasteiger partial charge in [-0.25, -0.2) is 0 Å². The van der Waals surface area contributed by atoms with Crippen LogP contribution in [0.3, 0.4) is 0 Å². The molecule has 4 bridgehead atoms. The molecule has 9 fully saturated rings. The second-order valence-electron chi connectivity index (χ2n) is 14.8. The molecule has 9 rings (SSSR count). The van der Waals surface area contributed by atoms with Crippen LogP contribution < -0.4 is 0 Å². The molecule has 3 heterocycles. The molecular weight excluding hydrogens is 440 g/mol. The molecule has 0 aromatic carbocycles. The summed E-state index contributed by atoms with van der Waals surface area (Å²) in [5, 5.41) is 18.8. The van der Waals surface area contributed by atoms with Crippen LogP contribution in [-0.4, -0.2) is 58.0 Å². The van der Waals surface area contributed by atoms with E-state index < -0.39 is 5.60 Å². The Morgan fingerprint density at radius 1 is 0.943 bits per heavy atom. The Bertz CT molecular complexity index is 820. The fourth-order valence-electron chi connectivity index (χ4n) is 9.35. The molecule has 12 unspecified atom stereocenters. The molecule has 0 spiro atoms. The van der Waals surface area contributed by atoms with Crippen LogP contribution >= 0.6 is 0 Å². The molecular formula is C30H50O5. The van der Waals surface area contributed by atoms with E-state index in [0.717, 1.165) is 67.5 Å². The van der Waals surface area contributed by atoms with Crippen LogP contribution in [0, 0.1) is 40.9 Å². The van der Waals surface area contributed by atoms with Gasteiger partial charge in [-0.2, -0.15) is 0 Å². The summed E-state index contributed by atoms with van der Waals surface area (Å²) in [7, 11) is 0. The molecule has 6 aliphatic carbocycles. The Balaban J connectivity index is 0.0000000987. The van der Waals surface area contributed by atoms with Gasteiger partial charge in [-0.05, 0) is 107 Å². The highest BCUT2D eigenvalue weighted by Gasteiger charge is 2.74. The van der Waals surface area contributed by atoms with Gasteiger partial charge in [0.2, 0.25) is 0 Å². The normalized spacial score (nSPS) is 54.5. The fraction of sp³-hybridized carbons (Fsp3) is 1.00.